The van der Waals surface area contributed by atoms with Crippen molar-refractivity contribution in [3.05, 3.63) is 75.3 Å². The number of hydrogen-bond donors (Lipinski definition) is 0. The monoisotopic (exact) mass is 271 g/mol. The summed E-state index contributed by atoms with van der Waals surface area (Å²) in [5.41, 5.74) is 2.23. The summed E-state index contributed by atoms with van der Waals surface area (Å²) in [7, 11) is 0. The summed E-state index contributed by atoms with van der Waals surface area (Å²) >= 11 is 0. The van der Waals surface area contributed by atoms with Gasteiger partial charge in [-0.05, 0) is 24.6 Å². The molecule has 0 heterocycles. The van der Waals surface area contributed by atoms with Gasteiger partial charge in [-0.2, -0.15) is 0 Å². The van der Waals surface area contributed by atoms with Crippen LogP contribution in [0.3, 0.4) is 0 Å². The average Bonchev–Trinajstić information content (AvgIpc) is 2.45. The van der Waals surface area contributed by atoms with Gasteiger partial charge in [0, 0.05) is 12.1 Å². The number of nitrogens with zero attached hydrogens (tertiary/aromatic N) is 1. The standard InChI is InChI=1S/C15H13NO4/c1-11-3-2-4-12(9-11)10-20-15(17)13-5-7-14(8-6-13)16(18)19/h2-9H,10H2,1H3. The third kappa shape index (κ3) is 3.41. The molecule has 2 aromatic carbocycles. The molecule has 102 valence electrons. The molecular weight excluding hydrogens is 258 g/mol. The highest BCUT2D eigenvalue weighted by atomic mass is 16.6. The molecule has 0 aliphatic heterocycles. The van der Waals surface area contributed by atoms with Crippen molar-refractivity contribution in [3.63, 3.8) is 0 Å². The fourth-order valence-electron chi connectivity index (χ4n) is 1.75. The molecule has 0 aliphatic rings. The Hall–Kier alpha value is -2.69. The number of nitro benzene ring substituents is 1. The molecule has 0 amide bonds. The number of aryl methyl sites for hydroxylation is 1. The number of non-ortho nitro benzene ring substituents is 1. The first kappa shape index (κ1) is 13.7. The van der Waals surface area contributed by atoms with Gasteiger partial charge in [-0.15, -0.1) is 0 Å². The third-order valence-electron chi connectivity index (χ3n) is 2.77. The molecule has 5 heteroatoms. The Kier molecular flexibility index (Phi) is 4.10. The van der Waals surface area contributed by atoms with Crippen molar-refractivity contribution in [2.45, 2.75) is 13.5 Å². The van der Waals surface area contributed by atoms with E-state index >= 15 is 0 Å². The molecule has 0 saturated heterocycles. The fraction of sp³-hybridized carbons (Fsp3) is 0.133. The molecule has 0 aromatic heterocycles. The van der Waals surface area contributed by atoms with Crippen molar-refractivity contribution in [1.29, 1.82) is 0 Å². The zero-order valence-corrected chi connectivity index (χ0v) is 10.9. The quantitative estimate of drug-likeness (QED) is 0.486. The van der Waals surface area contributed by atoms with Crippen molar-refractivity contribution in [1.82, 2.24) is 0 Å². The molecule has 0 spiro atoms. The zero-order valence-electron chi connectivity index (χ0n) is 10.9. The van der Waals surface area contributed by atoms with E-state index in [1.54, 1.807) is 0 Å². The Morgan fingerprint density at radius 2 is 1.90 bits per heavy atom. The summed E-state index contributed by atoms with van der Waals surface area (Å²) < 4.78 is 5.16. The van der Waals surface area contributed by atoms with E-state index in [2.05, 4.69) is 0 Å². The number of benzene rings is 2. The minimum atomic E-state index is -0.512. The molecule has 2 rings (SSSR count). The molecular formula is C15H13NO4. The highest BCUT2D eigenvalue weighted by molar-refractivity contribution is 5.89. The van der Waals surface area contributed by atoms with Gasteiger partial charge in [0.2, 0.25) is 0 Å². The molecule has 0 unspecified atom stereocenters. The minimum absolute atomic E-state index is 0.0553. The lowest BCUT2D eigenvalue weighted by Gasteiger charge is -2.05. The van der Waals surface area contributed by atoms with E-state index in [1.807, 2.05) is 31.2 Å². The van der Waals surface area contributed by atoms with Gasteiger partial charge in [0.15, 0.2) is 0 Å². The van der Waals surface area contributed by atoms with E-state index < -0.39 is 10.9 Å². The van der Waals surface area contributed by atoms with Gasteiger partial charge in [-0.1, -0.05) is 29.8 Å². The van der Waals surface area contributed by atoms with Gasteiger partial charge in [0.25, 0.3) is 5.69 Å². The van der Waals surface area contributed by atoms with Crippen molar-refractivity contribution >= 4 is 11.7 Å². The first-order valence-electron chi connectivity index (χ1n) is 6.03. The van der Waals surface area contributed by atoms with Gasteiger partial charge in [-0.3, -0.25) is 10.1 Å². The summed E-state index contributed by atoms with van der Waals surface area (Å²) in [6.45, 7) is 2.14. The minimum Gasteiger partial charge on any atom is -0.457 e. The van der Waals surface area contributed by atoms with E-state index in [1.165, 1.54) is 24.3 Å². The third-order valence-corrected chi connectivity index (χ3v) is 2.77. The van der Waals surface area contributed by atoms with Crippen molar-refractivity contribution in [2.75, 3.05) is 0 Å². The molecule has 0 atom stereocenters. The van der Waals surface area contributed by atoms with E-state index in [4.69, 9.17) is 4.74 Å². The number of carbonyl (C=O) groups excluding carboxylic acids is 1. The maximum Gasteiger partial charge on any atom is 0.338 e. The predicted octanol–water partition coefficient (Wildman–Crippen LogP) is 3.26. The zero-order chi connectivity index (χ0) is 14.5. The van der Waals surface area contributed by atoms with Gasteiger partial charge in [0.05, 0.1) is 10.5 Å². The normalized spacial score (nSPS) is 10.1. The van der Waals surface area contributed by atoms with Crippen LogP contribution in [0.5, 0.6) is 0 Å². The molecule has 0 saturated carbocycles. The first-order valence-corrected chi connectivity index (χ1v) is 6.03. The summed E-state index contributed by atoms with van der Waals surface area (Å²) in [5.74, 6) is -0.499. The maximum absolute atomic E-state index is 11.8. The van der Waals surface area contributed by atoms with Gasteiger partial charge < -0.3 is 4.74 Å². The average molecular weight is 271 g/mol. The Balaban J connectivity index is 1.99. The van der Waals surface area contributed by atoms with Crippen LogP contribution < -0.4 is 0 Å². The lowest BCUT2D eigenvalue weighted by Crippen LogP contribution is -2.05. The van der Waals surface area contributed by atoms with Crippen molar-refractivity contribution in [3.8, 4) is 0 Å². The topological polar surface area (TPSA) is 69.4 Å². The van der Waals surface area contributed by atoms with Gasteiger partial charge in [0.1, 0.15) is 6.61 Å². The molecule has 0 bridgehead atoms. The van der Waals surface area contributed by atoms with E-state index in [9.17, 15) is 14.9 Å². The fourth-order valence-corrected chi connectivity index (χ4v) is 1.75. The Bertz CT molecular complexity index is 635. The summed E-state index contributed by atoms with van der Waals surface area (Å²) in [6.07, 6.45) is 0. The van der Waals surface area contributed by atoms with Crippen molar-refractivity contribution in [2.24, 2.45) is 0 Å². The van der Waals surface area contributed by atoms with Crippen LogP contribution >= 0.6 is 0 Å². The van der Waals surface area contributed by atoms with Gasteiger partial charge in [-0.25, -0.2) is 4.79 Å². The Morgan fingerprint density at radius 3 is 2.50 bits per heavy atom. The second-order valence-electron chi connectivity index (χ2n) is 4.37. The molecule has 0 N–H and O–H groups in total. The number of rotatable bonds is 4. The van der Waals surface area contributed by atoms with Crippen LogP contribution in [0.2, 0.25) is 0 Å². The van der Waals surface area contributed by atoms with Gasteiger partial charge >= 0.3 is 5.97 Å². The second-order valence-corrected chi connectivity index (χ2v) is 4.37. The predicted molar refractivity (Wildman–Crippen MR) is 73.4 cm³/mol. The molecule has 20 heavy (non-hydrogen) atoms. The molecule has 0 fully saturated rings. The highest BCUT2D eigenvalue weighted by Gasteiger charge is 2.10. The van der Waals surface area contributed by atoms with Crippen LogP contribution in [0, 0.1) is 17.0 Å². The number of esters is 1. The number of nitro groups is 1. The Labute approximate surface area is 116 Å². The number of hydrogen-bond acceptors (Lipinski definition) is 4. The maximum atomic E-state index is 11.8. The van der Waals surface area contributed by atoms with Crippen LogP contribution in [0.15, 0.2) is 48.5 Å². The summed E-state index contributed by atoms with van der Waals surface area (Å²) in [6, 6.07) is 13.0. The van der Waals surface area contributed by atoms with Crippen LogP contribution in [0.4, 0.5) is 5.69 Å². The SMILES string of the molecule is Cc1cccc(COC(=O)c2ccc([N+](=O)[O-])cc2)c1. The second kappa shape index (κ2) is 5.97. The Morgan fingerprint density at radius 1 is 1.20 bits per heavy atom. The highest BCUT2D eigenvalue weighted by Crippen LogP contribution is 2.13. The van der Waals surface area contributed by atoms with E-state index in [-0.39, 0.29) is 12.3 Å². The van der Waals surface area contributed by atoms with Crippen LogP contribution in [0.25, 0.3) is 0 Å². The summed E-state index contributed by atoms with van der Waals surface area (Å²) in [5, 5.41) is 10.5. The number of ether oxygens (including phenoxy) is 1. The largest absolute Gasteiger partial charge is 0.457 e. The van der Waals surface area contributed by atoms with E-state index in [0.29, 0.717) is 5.56 Å². The summed E-state index contributed by atoms with van der Waals surface area (Å²) in [4.78, 5) is 21.8. The molecule has 0 aliphatic carbocycles. The molecule has 2 aromatic rings. The number of carbonyl (C=O) groups is 1. The lowest BCUT2D eigenvalue weighted by atomic mass is 10.1. The van der Waals surface area contributed by atoms with Crippen LogP contribution in [-0.2, 0) is 11.3 Å². The first-order chi connectivity index (χ1) is 9.56. The molecule has 0 radical (unpaired) electrons. The molecule has 5 nitrogen and oxygen atoms in total. The van der Waals surface area contributed by atoms with E-state index in [0.717, 1.165) is 11.1 Å². The lowest BCUT2D eigenvalue weighted by molar-refractivity contribution is -0.384. The van der Waals surface area contributed by atoms with Crippen LogP contribution in [-0.4, -0.2) is 10.9 Å². The van der Waals surface area contributed by atoms with Crippen molar-refractivity contribution < 1.29 is 14.5 Å². The smallest absolute Gasteiger partial charge is 0.338 e. The van der Waals surface area contributed by atoms with Crippen LogP contribution in [0.1, 0.15) is 21.5 Å².